The third kappa shape index (κ3) is 2.64. The summed E-state index contributed by atoms with van der Waals surface area (Å²) >= 11 is 1.15. The minimum Gasteiger partial charge on any atom is -0.481 e. The lowest BCUT2D eigenvalue weighted by Crippen LogP contribution is -2.03. The predicted molar refractivity (Wildman–Crippen MR) is 79.3 cm³/mol. The van der Waals surface area contributed by atoms with Gasteiger partial charge in [-0.3, -0.25) is 9.36 Å². The Labute approximate surface area is 124 Å². The second kappa shape index (κ2) is 5.61. The Balaban J connectivity index is 1.99. The number of hydrogen-bond acceptors (Lipinski definition) is 5. The number of rotatable bonds is 5. The molecule has 21 heavy (non-hydrogen) atoms. The molecule has 0 amide bonds. The summed E-state index contributed by atoms with van der Waals surface area (Å²) in [6, 6.07) is 9.63. The zero-order valence-electron chi connectivity index (χ0n) is 11.3. The molecule has 0 spiro atoms. The Hall–Kier alpha value is -2.28. The molecule has 0 saturated carbocycles. The number of benzene rings is 1. The molecule has 0 bridgehead atoms. The maximum atomic E-state index is 10.7. The fourth-order valence-electron chi connectivity index (χ4n) is 2.08. The van der Waals surface area contributed by atoms with E-state index in [4.69, 9.17) is 9.52 Å². The number of para-hydroxylation sites is 1. The molecule has 6 nitrogen and oxygen atoms in total. The summed E-state index contributed by atoms with van der Waals surface area (Å²) in [5.74, 6) is 0.323. The number of carbonyl (C=O) groups is 1. The van der Waals surface area contributed by atoms with Gasteiger partial charge in [-0.1, -0.05) is 30.0 Å². The standard InChI is InChI=1S/C14H13N3O3S/c1-2-17-13(15-16-14(17)21-8-12(18)19)11-7-9-5-3-4-6-10(9)20-11/h3-7H,2,8H2,1H3,(H,18,19). The molecule has 0 saturated heterocycles. The number of aliphatic carboxylic acids is 1. The van der Waals surface area contributed by atoms with Gasteiger partial charge in [0.05, 0.1) is 5.75 Å². The highest BCUT2D eigenvalue weighted by atomic mass is 32.2. The van der Waals surface area contributed by atoms with Crippen LogP contribution < -0.4 is 0 Å². The topological polar surface area (TPSA) is 81.2 Å². The number of carboxylic acid groups (broad SMARTS) is 1. The summed E-state index contributed by atoms with van der Waals surface area (Å²) in [4.78, 5) is 10.7. The van der Waals surface area contributed by atoms with E-state index >= 15 is 0 Å². The summed E-state index contributed by atoms with van der Waals surface area (Å²) < 4.78 is 7.64. The Morgan fingerprint density at radius 2 is 2.19 bits per heavy atom. The minimum absolute atomic E-state index is 0.0434. The zero-order chi connectivity index (χ0) is 14.8. The summed E-state index contributed by atoms with van der Waals surface area (Å²) in [5, 5.41) is 18.5. The van der Waals surface area contributed by atoms with Gasteiger partial charge in [0.25, 0.3) is 0 Å². The number of carboxylic acids is 1. The highest BCUT2D eigenvalue weighted by Gasteiger charge is 2.17. The zero-order valence-corrected chi connectivity index (χ0v) is 12.1. The van der Waals surface area contributed by atoms with E-state index in [0.29, 0.717) is 23.3 Å². The number of nitrogens with zero attached hydrogens (tertiary/aromatic N) is 3. The second-order valence-electron chi connectivity index (χ2n) is 4.38. The van der Waals surface area contributed by atoms with Crippen molar-refractivity contribution in [1.82, 2.24) is 14.8 Å². The average Bonchev–Trinajstić information content (AvgIpc) is 3.07. The van der Waals surface area contributed by atoms with Crippen molar-refractivity contribution in [2.75, 3.05) is 5.75 Å². The molecule has 0 fully saturated rings. The summed E-state index contributed by atoms with van der Waals surface area (Å²) in [6.07, 6.45) is 0. The van der Waals surface area contributed by atoms with Gasteiger partial charge >= 0.3 is 5.97 Å². The number of furan rings is 1. The molecule has 108 valence electrons. The first kappa shape index (κ1) is 13.7. The molecule has 0 unspecified atom stereocenters. The molecule has 0 aliphatic rings. The molecule has 7 heteroatoms. The van der Waals surface area contributed by atoms with Crippen LogP contribution >= 0.6 is 11.8 Å². The van der Waals surface area contributed by atoms with E-state index < -0.39 is 5.97 Å². The number of fused-ring (bicyclic) bond motifs is 1. The van der Waals surface area contributed by atoms with Gasteiger partial charge in [0, 0.05) is 11.9 Å². The molecule has 1 N–H and O–H groups in total. The lowest BCUT2D eigenvalue weighted by molar-refractivity contribution is -0.133. The maximum absolute atomic E-state index is 10.7. The van der Waals surface area contributed by atoms with Crippen molar-refractivity contribution in [3.8, 4) is 11.6 Å². The van der Waals surface area contributed by atoms with E-state index in [-0.39, 0.29) is 5.75 Å². The lowest BCUT2D eigenvalue weighted by Gasteiger charge is -2.04. The molecule has 0 aliphatic heterocycles. The minimum atomic E-state index is -0.879. The van der Waals surface area contributed by atoms with Gasteiger partial charge in [-0.2, -0.15) is 0 Å². The van der Waals surface area contributed by atoms with Crippen molar-refractivity contribution in [2.45, 2.75) is 18.6 Å². The van der Waals surface area contributed by atoms with Crippen LogP contribution in [-0.2, 0) is 11.3 Å². The van der Waals surface area contributed by atoms with Crippen molar-refractivity contribution >= 4 is 28.7 Å². The fourth-order valence-corrected chi connectivity index (χ4v) is 2.80. The van der Waals surface area contributed by atoms with Crippen molar-refractivity contribution in [1.29, 1.82) is 0 Å². The summed E-state index contributed by atoms with van der Waals surface area (Å²) in [5.41, 5.74) is 0.790. The normalized spacial score (nSPS) is 11.1. The largest absolute Gasteiger partial charge is 0.481 e. The summed E-state index contributed by atoms with van der Waals surface area (Å²) in [6.45, 7) is 2.60. The van der Waals surface area contributed by atoms with E-state index in [0.717, 1.165) is 22.7 Å². The monoisotopic (exact) mass is 303 g/mol. The van der Waals surface area contributed by atoms with E-state index in [9.17, 15) is 4.79 Å². The van der Waals surface area contributed by atoms with Crippen molar-refractivity contribution in [3.05, 3.63) is 30.3 Å². The Kier molecular flexibility index (Phi) is 3.66. The molecule has 2 heterocycles. The van der Waals surface area contributed by atoms with Crippen LogP contribution in [0.2, 0.25) is 0 Å². The van der Waals surface area contributed by atoms with Gasteiger partial charge in [-0.25, -0.2) is 0 Å². The highest BCUT2D eigenvalue weighted by molar-refractivity contribution is 7.99. The van der Waals surface area contributed by atoms with Crippen LogP contribution in [0, 0.1) is 0 Å². The first-order valence-electron chi connectivity index (χ1n) is 6.45. The molecule has 3 rings (SSSR count). The number of thioether (sulfide) groups is 1. The average molecular weight is 303 g/mol. The molecule has 3 aromatic rings. The molecular weight excluding hydrogens is 290 g/mol. The predicted octanol–water partition coefficient (Wildman–Crippen LogP) is 2.89. The van der Waals surface area contributed by atoms with Crippen LogP contribution in [0.15, 0.2) is 39.9 Å². The van der Waals surface area contributed by atoms with Crippen LogP contribution in [0.5, 0.6) is 0 Å². The first-order chi connectivity index (χ1) is 10.2. The maximum Gasteiger partial charge on any atom is 0.313 e. The van der Waals surface area contributed by atoms with E-state index in [2.05, 4.69) is 10.2 Å². The Morgan fingerprint density at radius 1 is 1.38 bits per heavy atom. The van der Waals surface area contributed by atoms with Gasteiger partial charge < -0.3 is 9.52 Å². The van der Waals surface area contributed by atoms with Crippen molar-refractivity contribution in [2.24, 2.45) is 0 Å². The van der Waals surface area contributed by atoms with E-state index in [1.165, 1.54) is 0 Å². The van der Waals surface area contributed by atoms with Gasteiger partial charge in [-0.15, -0.1) is 10.2 Å². The van der Waals surface area contributed by atoms with Crippen LogP contribution in [0.25, 0.3) is 22.6 Å². The van der Waals surface area contributed by atoms with Crippen molar-refractivity contribution in [3.63, 3.8) is 0 Å². The van der Waals surface area contributed by atoms with Gasteiger partial charge in [0.2, 0.25) is 5.82 Å². The SMILES string of the molecule is CCn1c(SCC(=O)O)nnc1-c1cc2ccccc2o1. The van der Waals surface area contributed by atoms with Gasteiger partial charge in [-0.05, 0) is 19.1 Å². The molecule has 0 radical (unpaired) electrons. The lowest BCUT2D eigenvalue weighted by atomic mass is 10.2. The highest BCUT2D eigenvalue weighted by Crippen LogP contribution is 2.29. The molecule has 1 aromatic carbocycles. The molecule has 0 atom stereocenters. The number of hydrogen-bond donors (Lipinski definition) is 1. The van der Waals surface area contributed by atoms with Crippen LogP contribution in [0.4, 0.5) is 0 Å². The van der Waals surface area contributed by atoms with Crippen molar-refractivity contribution < 1.29 is 14.3 Å². The van der Waals surface area contributed by atoms with E-state index in [1.54, 1.807) is 0 Å². The van der Waals surface area contributed by atoms with Crippen LogP contribution in [-0.4, -0.2) is 31.6 Å². The molecular formula is C14H13N3O3S. The van der Waals surface area contributed by atoms with Crippen LogP contribution in [0.1, 0.15) is 6.92 Å². The van der Waals surface area contributed by atoms with Crippen LogP contribution in [0.3, 0.4) is 0 Å². The first-order valence-corrected chi connectivity index (χ1v) is 7.44. The molecule has 2 aromatic heterocycles. The second-order valence-corrected chi connectivity index (χ2v) is 5.32. The van der Waals surface area contributed by atoms with Gasteiger partial charge in [0.1, 0.15) is 5.58 Å². The smallest absolute Gasteiger partial charge is 0.313 e. The third-order valence-electron chi connectivity index (χ3n) is 3.00. The number of aromatic nitrogens is 3. The quantitative estimate of drug-likeness (QED) is 0.730. The Morgan fingerprint density at radius 3 is 2.90 bits per heavy atom. The fraction of sp³-hybridized carbons (Fsp3) is 0.214. The van der Waals surface area contributed by atoms with Gasteiger partial charge in [0.15, 0.2) is 10.9 Å². The third-order valence-corrected chi connectivity index (χ3v) is 3.96. The molecule has 0 aliphatic carbocycles. The summed E-state index contributed by atoms with van der Waals surface area (Å²) in [7, 11) is 0. The Bertz CT molecular complexity index is 761. The van der Waals surface area contributed by atoms with E-state index in [1.807, 2.05) is 41.8 Å².